The van der Waals surface area contributed by atoms with Gasteiger partial charge in [0.25, 0.3) is 0 Å². The summed E-state index contributed by atoms with van der Waals surface area (Å²) in [5.41, 5.74) is 1.73. The van der Waals surface area contributed by atoms with Crippen molar-refractivity contribution in [3.8, 4) is 5.75 Å². The van der Waals surface area contributed by atoms with Crippen LogP contribution in [0.5, 0.6) is 5.75 Å². The fourth-order valence-electron chi connectivity index (χ4n) is 2.86. The number of nitrogens with zero attached hydrogens (tertiary/aromatic N) is 4. The Bertz CT molecular complexity index is 567. The van der Waals surface area contributed by atoms with Gasteiger partial charge in [-0.15, -0.1) is 0 Å². The maximum Gasteiger partial charge on any atom is 0.138 e. The Hall–Kier alpha value is -1.88. The van der Waals surface area contributed by atoms with Gasteiger partial charge < -0.3 is 9.67 Å². The largest absolute Gasteiger partial charge is 0.506 e. The molecule has 0 amide bonds. The molecule has 3 heterocycles. The monoisotopic (exact) mass is 272 g/mol. The SMILES string of the molecule is Cc1ccc(O)c(CN2CCC[C@H]2Cn2ccnc2)n1. The second kappa shape index (κ2) is 5.63. The molecule has 5 heteroatoms. The summed E-state index contributed by atoms with van der Waals surface area (Å²) in [6.07, 6.45) is 8.06. The summed E-state index contributed by atoms with van der Waals surface area (Å²) in [4.78, 5) is 11.0. The average molecular weight is 272 g/mol. The molecular weight excluding hydrogens is 252 g/mol. The van der Waals surface area contributed by atoms with Crippen molar-refractivity contribution in [3.63, 3.8) is 0 Å². The zero-order chi connectivity index (χ0) is 13.9. The quantitative estimate of drug-likeness (QED) is 0.924. The normalized spacial score (nSPS) is 19.6. The first-order valence-electron chi connectivity index (χ1n) is 7.07. The Kier molecular flexibility index (Phi) is 3.69. The summed E-state index contributed by atoms with van der Waals surface area (Å²) in [5.74, 6) is 0.295. The molecule has 3 rings (SSSR count). The van der Waals surface area contributed by atoms with Gasteiger partial charge in [-0.2, -0.15) is 0 Å². The predicted octanol–water partition coefficient (Wildman–Crippen LogP) is 1.96. The van der Waals surface area contributed by atoms with E-state index in [1.807, 2.05) is 31.7 Å². The molecule has 0 spiro atoms. The second-order valence-electron chi connectivity index (χ2n) is 5.44. The van der Waals surface area contributed by atoms with Crippen LogP contribution in [0, 0.1) is 6.92 Å². The lowest BCUT2D eigenvalue weighted by Crippen LogP contribution is -2.32. The van der Waals surface area contributed by atoms with Crippen LogP contribution >= 0.6 is 0 Å². The Morgan fingerprint density at radius 3 is 3.10 bits per heavy atom. The van der Waals surface area contributed by atoms with Crippen LogP contribution in [0.25, 0.3) is 0 Å². The van der Waals surface area contributed by atoms with E-state index >= 15 is 0 Å². The molecule has 0 aromatic carbocycles. The summed E-state index contributed by atoms with van der Waals surface area (Å²) in [5, 5.41) is 9.93. The highest BCUT2D eigenvalue weighted by atomic mass is 16.3. The third-order valence-electron chi connectivity index (χ3n) is 3.92. The fraction of sp³-hybridized carbons (Fsp3) is 0.467. The standard InChI is InChI=1S/C15H20N4O/c1-12-4-5-15(20)14(17-12)10-19-7-2-3-13(19)9-18-8-6-16-11-18/h4-6,8,11,13,20H,2-3,7,9-10H2,1H3/t13-/m0/s1. The predicted molar refractivity (Wildman–Crippen MR) is 76.3 cm³/mol. The highest BCUT2D eigenvalue weighted by Crippen LogP contribution is 2.24. The Balaban J connectivity index is 1.71. The van der Waals surface area contributed by atoms with Crippen molar-refractivity contribution in [2.75, 3.05) is 6.54 Å². The van der Waals surface area contributed by atoms with E-state index in [-0.39, 0.29) is 0 Å². The van der Waals surface area contributed by atoms with Crippen LogP contribution in [-0.4, -0.2) is 37.1 Å². The third-order valence-corrected chi connectivity index (χ3v) is 3.92. The van der Waals surface area contributed by atoms with Gasteiger partial charge in [-0.1, -0.05) is 0 Å². The van der Waals surface area contributed by atoms with Crippen molar-refractivity contribution in [3.05, 3.63) is 42.2 Å². The number of hydrogen-bond donors (Lipinski definition) is 1. The van der Waals surface area contributed by atoms with Gasteiger partial charge in [-0.05, 0) is 38.4 Å². The summed E-state index contributed by atoms with van der Waals surface area (Å²) in [7, 11) is 0. The number of likely N-dealkylation sites (tertiary alicyclic amines) is 1. The van der Waals surface area contributed by atoms with E-state index < -0.39 is 0 Å². The molecule has 20 heavy (non-hydrogen) atoms. The van der Waals surface area contributed by atoms with Gasteiger partial charge in [0.1, 0.15) is 5.75 Å². The number of imidazole rings is 1. The van der Waals surface area contributed by atoms with Gasteiger partial charge in [-0.25, -0.2) is 4.98 Å². The smallest absolute Gasteiger partial charge is 0.138 e. The molecule has 0 aliphatic carbocycles. The number of aryl methyl sites for hydroxylation is 1. The second-order valence-corrected chi connectivity index (χ2v) is 5.44. The van der Waals surface area contributed by atoms with E-state index in [1.165, 1.54) is 12.8 Å². The van der Waals surface area contributed by atoms with Gasteiger partial charge in [0.2, 0.25) is 0 Å². The average Bonchev–Trinajstić information content (AvgIpc) is 3.07. The van der Waals surface area contributed by atoms with E-state index in [2.05, 4.69) is 19.4 Å². The summed E-state index contributed by atoms with van der Waals surface area (Å²) in [6.45, 7) is 4.68. The number of rotatable bonds is 4. The molecule has 0 bridgehead atoms. The maximum absolute atomic E-state index is 9.93. The Morgan fingerprint density at radius 1 is 1.40 bits per heavy atom. The van der Waals surface area contributed by atoms with Crippen LogP contribution in [0.4, 0.5) is 0 Å². The highest BCUT2D eigenvalue weighted by molar-refractivity contribution is 5.27. The Morgan fingerprint density at radius 2 is 2.30 bits per heavy atom. The van der Waals surface area contributed by atoms with Crippen molar-refractivity contribution in [1.82, 2.24) is 19.4 Å². The minimum Gasteiger partial charge on any atom is -0.506 e. The van der Waals surface area contributed by atoms with Crippen molar-refractivity contribution in [2.45, 2.75) is 38.9 Å². The topological polar surface area (TPSA) is 54.2 Å². The van der Waals surface area contributed by atoms with E-state index in [0.717, 1.165) is 24.5 Å². The highest BCUT2D eigenvalue weighted by Gasteiger charge is 2.25. The molecule has 0 radical (unpaired) electrons. The zero-order valence-electron chi connectivity index (χ0n) is 11.7. The first-order chi connectivity index (χ1) is 9.72. The molecule has 5 nitrogen and oxygen atoms in total. The number of pyridine rings is 1. The number of hydrogen-bond acceptors (Lipinski definition) is 4. The van der Waals surface area contributed by atoms with E-state index in [1.54, 1.807) is 6.07 Å². The minimum atomic E-state index is 0.295. The van der Waals surface area contributed by atoms with Crippen LogP contribution < -0.4 is 0 Å². The molecule has 2 aromatic rings. The zero-order valence-corrected chi connectivity index (χ0v) is 11.7. The summed E-state index contributed by atoms with van der Waals surface area (Å²) < 4.78 is 2.12. The maximum atomic E-state index is 9.93. The van der Waals surface area contributed by atoms with Crippen molar-refractivity contribution in [2.24, 2.45) is 0 Å². The molecule has 0 unspecified atom stereocenters. The van der Waals surface area contributed by atoms with Crippen molar-refractivity contribution in [1.29, 1.82) is 0 Å². The minimum absolute atomic E-state index is 0.295. The van der Waals surface area contributed by atoms with E-state index in [9.17, 15) is 5.11 Å². The molecule has 2 aromatic heterocycles. The summed E-state index contributed by atoms with van der Waals surface area (Å²) >= 11 is 0. The van der Waals surface area contributed by atoms with Gasteiger partial charge in [-0.3, -0.25) is 9.88 Å². The third kappa shape index (κ3) is 2.82. The summed E-state index contributed by atoms with van der Waals surface area (Å²) in [6, 6.07) is 4.07. The van der Waals surface area contributed by atoms with Crippen LogP contribution in [0.1, 0.15) is 24.2 Å². The first-order valence-corrected chi connectivity index (χ1v) is 7.07. The molecule has 1 saturated heterocycles. The number of aromatic nitrogens is 3. The molecule has 1 fully saturated rings. The van der Waals surface area contributed by atoms with Crippen LogP contribution in [0.2, 0.25) is 0 Å². The van der Waals surface area contributed by atoms with Gasteiger partial charge in [0.15, 0.2) is 0 Å². The fourth-order valence-corrected chi connectivity index (χ4v) is 2.86. The first kappa shape index (κ1) is 13.1. The van der Waals surface area contributed by atoms with Crippen LogP contribution in [-0.2, 0) is 13.1 Å². The van der Waals surface area contributed by atoms with Gasteiger partial charge in [0.05, 0.1) is 12.0 Å². The molecule has 1 atom stereocenters. The molecule has 1 aliphatic rings. The molecular formula is C15H20N4O. The molecule has 1 N–H and O–H groups in total. The Labute approximate surface area is 118 Å². The van der Waals surface area contributed by atoms with E-state index in [0.29, 0.717) is 18.3 Å². The lowest BCUT2D eigenvalue weighted by molar-refractivity contribution is 0.219. The van der Waals surface area contributed by atoms with E-state index in [4.69, 9.17) is 0 Å². The van der Waals surface area contributed by atoms with Crippen LogP contribution in [0.3, 0.4) is 0 Å². The number of aromatic hydroxyl groups is 1. The molecule has 106 valence electrons. The lowest BCUT2D eigenvalue weighted by Gasteiger charge is -2.24. The molecule has 1 aliphatic heterocycles. The van der Waals surface area contributed by atoms with Crippen LogP contribution in [0.15, 0.2) is 30.9 Å². The van der Waals surface area contributed by atoms with Crippen molar-refractivity contribution >= 4 is 0 Å². The lowest BCUT2D eigenvalue weighted by atomic mass is 10.2. The van der Waals surface area contributed by atoms with Crippen molar-refractivity contribution < 1.29 is 5.11 Å². The van der Waals surface area contributed by atoms with Gasteiger partial charge in [0, 0.05) is 37.2 Å². The molecule has 0 saturated carbocycles. The van der Waals surface area contributed by atoms with Gasteiger partial charge >= 0.3 is 0 Å².